The molecule has 0 saturated heterocycles. The number of hydrogen-bond acceptors (Lipinski definition) is 2. The molecular formula is C21H19ClN2O. The first-order chi connectivity index (χ1) is 12.0. The van der Waals surface area contributed by atoms with Crippen molar-refractivity contribution in [1.29, 1.82) is 0 Å². The SMILES string of the molecule is Cc1cccc(-n2nc(C)c3c2C[C@@H](c2cccc(Cl)c2)CC3=O)c1. The van der Waals surface area contributed by atoms with Gasteiger partial charge in [0.2, 0.25) is 0 Å². The van der Waals surface area contributed by atoms with Crippen molar-refractivity contribution in [3.05, 3.63) is 81.6 Å². The number of aromatic nitrogens is 2. The van der Waals surface area contributed by atoms with Crippen molar-refractivity contribution in [3.63, 3.8) is 0 Å². The van der Waals surface area contributed by atoms with Crippen molar-refractivity contribution in [2.45, 2.75) is 32.6 Å². The van der Waals surface area contributed by atoms with Gasteiger partial charge in [0.1, 0.15) is 0 Å². The average Bonchev–Trinajstić information content (AvgIpc) is 2.92. The van der Waals surface area contributed by atoms with Gasteiger partial charge in [-0.2, -0.15) is 5.10 Å². The summed E-state index contributed by atoms with van der Waals surface area (Å²) in [6.07, 6.45) is 1.30. The summed E-state index contributed by atoms with van der Waals surface area (Å²) in [5.74, 6) is 0.306. The van der Waals surface area contributed by atoms with Crippen molar-refractivity contribution in [3.8, 4) is 5.69 Å². The number of hydrogen-bond donors (Lipinski definition) is 0. The zero-order valence-electron chi connectivity index (χ0n) is 14.3. The third-order valence-corrected chi connectivity index (χ3v) is 5.11. The van der Waals surface area contributed by atoms with Gasteiger partial charge in [0.25, 0.3) is 0 Å². The second kappa shape index (κ2) is 6.16. The summed E-state index contributed by atoms with van der Waals surface area (Å²) in [6.45, 7) is 3.98. The molecule has 0 radical (unpaired) electrons. The molecule has 3 nitrogen and oxygen atoms in total. The molecule has 0 aliphatic heterocycles. The van der Waals surface area contributed by atoms with Gasteiger partial charge in [-0.1, -0.05) is 35.9 Å². The summed E-state index contributed by atoms with van der Waals surface area (Å²) in [5.41, 5.74) is 5.90. The molecule has 25 heavy (non-hydrogen) atoms. The lowest BCUT2D eigenvalue weighted by Crippen LogP contribution is -2.20. The molecular weight excluding hydrogens is 332 g/mol. The zero-order valence-corrected chi connectivity index (χ0v) is 15.0. The molecule has 1 aromatic heterocycles. The summed E-state index contributed by atoms with van der Waals surface area (Å²) >= 11 is 6.15. The Hall–Kier alpha value is -2.39. The Kier molecular flexibility index (Phi) is 3.97. The van der Waals surface area contributed by atoms with Crippen molar-refractivity contribution in [1.82, 2.24) is 9.78 Å². The molecule has 3 aromatic rings. The molecule has 0 fully saturated rings. The molecule has 0 spiro atoms. The molecule has 1 aliphatic rings. The first kappa shape index (κ1) is 16.1. The van der Waals surface area contributed by atoms with Crippen molar-refractivity contribution in [2.24, 2.45) is 0 Å². The molecule has 1 heterocycles. The predicted molar refractivity (Wildman–Crippen MR) is 99.9 cm³/mol. The molecule has 1 aliphatic carbocycles. The average molecular weight is 351 g/mol. The minimum absolute atomic E-state index is 0.137. The molecule has 4 rings (SSSR count). The van der Waals surface area contributed by atoms with E-state index < -0.39 is 0 Å². The second-order valence-electron chi connectivity index (χ2n) is 6.74. The maximum absolute atomic E-state index is 12.8. The van der Waals surface area contributed by atoms with Crippen LogP contribution in [0.5, 0.6) is 0 Å². The molecule has 0 bridgehead atoms. The highest BCUT2D eigenvalue weighted by Crippen LogP contribution is 2.35. The van der Waals surface area contributed by atoms with Gasteiger partial charge < -0.3 is 0 Å². The van der Waals surface area contributed by atoms with Crippen molar-refractivity contribution >= 4 is 17.4 Å². The van der Waals surface area contributed by atoms with Gasteiger partial charge in [-0.25, -0.2) is 4.68 Å². The van der Waals surface area contributed by atoms with E-state index in [0.29, 0.717) is 11.4 Å². The largest absolute Gasteiger partial charge is 0.294 e. The third-order valence-electron chi connectivity index (χ3n) is 4.87. The number of Topliss-reactive ketones (excluding diaryl/α,β-unsaturated/α-hetero) is 1. The maximum atomic E-state index is 12.8. The van der Waals surface area contributed by atoms with E-state index in [1.807, 2.05) is 41.9 Å². The zero-order chi connectivity index (χ0) is 17.6. The van der Waals surface area contributed by atoms with E-state index in [-0.39, 0.29) is 11.7 Å². The van der Waals surface area contributed by atoms with Crippen LogP contribution in [-0.4, -0.2) is 15.6 Å². The highest BCUT2D eigenvalue weighted by Gasteiger charge is 2.32. The number of halogens is 1. The van der Waals surface area contributed by atoms with Crippen molar-refractivity contribution < 1.29 is 4.79 Å². The normalized spacial score (nSPS) is 16.8. The van der Waals surface area contributed by atoms with E-state index in [1.54, 1.807) is 0 Å². The number of aryl methyl sites for hydroxylation is 2. The summed E-state index contributed by atoms with van der Waals surface area (Å²) in [5, 5.41) is 5.38. The van der Waals surface area contributed by atoms with E-state index in [4.69, 9.17) is 11.6 Å². The smallest absolute Gasteiger partial charge is 0.167 e. The number of fused-ring (bicyclic) bond motifs is 1. The van der Waals surface area contributed by atoms with Crippen LogP contribution in [0.15, 0.2) is 48.5 Å². The minimum atomic E-state index is 0.137. The highest BCUT2D eigenvalue weighted by molar-refractivity contribution is 6.30. The Labute approximate surface area is 152 Å². The Morgan fingerprint density at radius 2 is 1.88 bits per heavy atom. The fourth-order valence-corrected chi connectivity index (χ4v) is 3.93. The lowest BCUT2D eigenvalue weighted by atomic mass is 9.81. The van der Waals surface area contributed by atoms with E-state index in [2.05, 4.69) is 30.2 Å². The number of rotatable bonds is 2. The molecule has 0 unspecified atom stereocenters. The van der Waals surface area contributed by atoms with Crippen LogP contribution < -0.4 is 0 Å². The van der Waals surface area contributed by atoms with E-state index in [1.165, 1.54) is 5.56 Å². The maximum Gasteiger partial charge on any atom is 0.167 e. The monoisotopic (exact) mass is 350 g/mol. The van der Waals surface area contributed by atoms with E-state index in [9.17, 15) is 4.79 Å². The second-order valence-corrected chi connectivity index (χ2v) is 7.18. The highest BCUT2D eigenvalue weighted by atomic mass is 35.5. The first-order valence-electron chi connectivity index (χ1n) is 8.47. The molecule has 4 heteroatoms. The standard InChI is InChI=1S/C21H19ClN2O/c1-13-5-3-8-18(9-13)24-19-11-16(15-6-4-7-17(22)10-15)12-20(25)21(19)14(2)23-24/h3-10,16H,11-12H2,1-2H3/t16-/m1/s1. The fraction of sp³-hybridized carbons (Fsp3) is 0.238. The summed E-state index contributed by atoms with van der Waals surface area (Å²) in [4.78, 5) is 12.8. The Morgan fingerprint density at radius 3 is 2.64 bits per heavy atom. The lowest BCUT2D eigenvalue weighted by Gasteiger charge is -2.23. The van der Waals surface area contributed by atoms with Gasteiger partial charge in [-0.3, -0.25) is 4.79 Å². The van der Waals surface area contributed by atoms with Crippen LogP contribution in [0.25, 0.3) is 5.69 Å². The summed E-state index contributed by atoms with van der Waals surface area (Å²) in [7, 11) is 0. The molecule has 0 saturated carbocycles. The molecule has 126 valence electrons. The number of carbonyl (C=O) groups excluding carboxylic acids is 1. The number of carbonyl (C=O) groups is 1. The van der Waals surface area contributed by atoms with Crippen molar-refractivity contribution in [2.75, 3.05) is 0 Å². The summed E-state index contributed by atoms with van der Waals surface area (Å²) < 4.78 is 1.94. The predicted octanol–water partition coefficient (Wildman–Crippen LogP) is 5.06. The summed E-state index contributed by atoms with van der Waals surface area (Å²) in [6, 6.07) is 16.0. The molecule has 0 amide bonds. The van der Waals surface area contributed by atoms with Gasteiger partial charge in [0, 0.05) is 11.4 Å². The fourth-order valence-electron chi connectivity index (χ4n) is 3.73. The Balaban J connectivity index is 1.81. The van der Waals surface area contributed by atoms with Crippen LogP contribution in [-0.2, 0) is 6.42 Å². The molecule has 1 atom stereocenters. The number of nitrogens with zero attached hydrogens (tertiary/aromatic N) is 2. The molecule has 0 N–H and O–H groups in total. The van der Waals surface area contributed by atoms with Gasteiger partial charge in [0.05, 0.1) is 22.6 Å². The van der Waals surface area contributed by atoms with Gasteiger partial charge in [0.15, 0.2) is 5.78 Å². The van der Waals surface area contributed by atoms with E-state index in [0.717, 1.165) is 34.6 Å². The van der Waals surface area contributed by atoms with Crippen LogP contribution in [0, 0.1) is 13.8 Å². The van der Waals surface area contributed by atoms with Gasteiger partial charge in [-0.05, 0) is 61.6 Å². The molecule has 2 aromatic carbocycles. The number of ketones is 1. The topological polar surface area (TPSA) is 34.9 Å². The third kappa shape index (κ3) is 2.89. The van der Waals surface area contributed by atoms with Crippen LogP contribution in [0.3, 0.4) is 0 Å². The Bertz CT molecular complexity index is 974. The number of benzene rings is 2. The minimum Gasteiger partial charge on any atom is -0.294 e. The quantitative estimate of drug-likeness (QED) is 0.647. The van der Waals surface area contributed by atoms with Crippen LogP contribution >= 0.6 is 11.6 Å². The van der Waals surface area contributed by atoms with Crippen LogP contribution in [0.4, 0.5) is 0 Å². The first-order valence-corrected chi connectivity index (χ1v) is 8.85. The van der Waals surface area contributed by atoms with Gasteiger partial charge >= 0.3 is 0 Å². The Morgan fingerprint density at radius 1 is 1.08 bits per heavy atom. The van der Waals surface area contributed by atoms with Crippen LogP contribution in [0.1, 0.15) is 45.2 Å². The lowest BCUT2D eigenvalue weighted by molar-refractivity contribution is 0.0963. The van der Waals surface area contributed by atoms with Gasteiger partial charge in [-0.15, -0.1) is 0 Å². The van der Waals surface area contributed by atoms with E-state index >= 15 is 0 Å². The van der Waals surface area contributed by atoms with Crippen LogP contribution in [0.2, 0.25) is 5.02 Å².